The Morgan fingerprint density at radius 2 is 1.81 bits per heavy atom. The van der Waals surface area contributed by atoms with Gasteiger partial charge in [0.2, 0.25) is 0 Å². The lowest BCUT2D eigenvalue weighted by molar-refractivity contribution is -0.120. The zero-order valence-corrected chi connectivity index (χ0v) is 22.9. The number of aromatic nitrogens is 1. The number of hydrogen-bond acceptors (Lipinski definition) is 4. The van der Waals surface area contributed by atoms with Crippen LogP contribution >= 0.6 is 0 Å². The van der Waals surface area contributed by atoms with Gasteiger partial charge in [-0.3, -0.25) is 9.78 Å². The van der Waals surface area contributed by atoms with Crippen LogP contribution in [0.1, 0.15) is 96.6 Å². The van der Waals surface area contributed by atoms with Gasteiger partial charge >= 0.3 is 0 Å². The number of allylic oxidation sites excluding steroid dienone is 2. The largest absolute Gasteiger partial charge is 0.486 e. The fraction of sp³-hybridized carbons (Fsp3) is 0.438. The van der Waals surface area contributed by atoms with Crippen molar-refractivity contribution in [1.82, 2.24) is 4.98 Å². The van der Waals surface area contributed by atoms with Crippen molar-refractivity contribution in [2.45, 2.75) is 85.5 Å². The molecule has 0 radical (unpaired) electrons. The van der Waals surface area contributed by atoms with Gasteiger partial charge in [0.05, 0.1) is 0 Å². The Bertz CT molecular complexity index is 996. The molecule has 0 aliphatic heterocycles. The molecule has 0 spiro atoms. The third kappa shape index (κ3) is 12.5. The highest BCUT2D eigenvalue weighted by molar-refractivity contribution is 5.96. The summed E-state index contributed by atoms with van der Waals surface area (Å²) >= 11 is 0. The van der Waals surface area contributed by atoms with Crippen molar-refractivity contribution in [3.8, 4) is 5.75 Å². The molecule has 1 aliphatic rings. The minimum absolute atomic E-state index is 0.0711. The van der Waals surface area contributed by atoms with Gasteiger partial charge in [-0.25, -0.2) is 4.99 Å². The van der Waals surface area contributed by atoms with E-state index in [1.54, 1.807) is 0 Å². The number of aliphatic imine (C=N–C) groups is 1. The van der Waals surface area contributed by atoms with Crippen molar-refractivity contribution >= 4 is 17.2 Å². The molecule has 0 N–H and O–H groups in total. The van der Waals surface area contributed by atoms with E-state index in [9.17, 15) is 4.79 Å². The van der Waals surface area contributed by atoms with Crippen molar-refractivity contribution in [1.29, 1.82) is 0 Å². The molecule has 0 unspecified atom stereocenters. The molecule has 0 atom stereocenters. The average Bonchev–Trinajstić information content (AvgIpc) is 2.92. The van der Waals surface area contributed by atoms with E-state index in [4.69, 9.17) is 4.74 Å². The molecule has 0 bridgehead atoms. The van der Waals surface area contributed by atoms with Crippen LogP contribution in [0.25, 0.3) is 5.70 Å². The van der Waals surface area contributed by atoms with E-state index in [-0.39, 0.29) is 12.4 Å². The molecule has 36 heavy (non-hydrogen) atoms. The number of hydrogen-bond donors (Lipinski definition) is 0. The molecular formula is C32H44N2O2. The fourth-order valence-electron chi connectivity index (χ4n) is 3.73. The number of nitrogens with zero attached hydrogens (tertiary/aromatic N) is 2. The van der Waals surface area contributed by atoms with E-state index in [0.29, 0.717) is 17.9 Å². The van der Waals surface area contributed by atoms with E-state index in [1.807, 2.05) is 69.6 Å². The first-order valence-electron chi connectivity index (χ1n) is 13.2. The molecular weight excluding hydrogens is 444 g/mol. The number of benzene rings is 1. The van der Waals surface area contributed by atoms with Gasteiger partial charge in [0.15, 0.2) is 5.78 Å². The van der Waals surface area contributed by atoms with Crippen molar-refractivity contribution in [3.63, 3.8) is 0 Å². The maximum atomic E-state index is 11.3. The van der Waals surface area contributed by atoms with Gasteiger partial charge in [-0.15, -0.1) is 5.73 Å². The highest BCUT2D eigenvalue weighted by Gasteiger charge is 2.14. The molecule has 1 heterocycles. The fourth-order valence-corrected chi connectivity index (χ4v) is 3.73. The predicted molar refractivity (Wildman–Crippen MR) is 154 cm³/mol. The predicted octanol–water partition coefficient (Wildman–Crippen LogP) is 8.75. The monoisotopic (exact) mass is 488 g/mol. The van der Waals surface area contributed by atoms with Crippen LogP contribution in [0.15, 0.2) is 78.2 Å². The van der Waals surface area contributed by atoms with Crippen LogP contribution in [0.4, 0.5) is 0 Å². The summed E-state index contributed by atoms with van der Waals surface area (Å²) in [5.41, 5.74) is 6.70. The molecule has 2 aromatic rings. The number of rotatable bonds is 8. The molecule has 4 heteroatoms. The normalized spacial score (nSPS) is 13.5. The van der Waals surface area contributed by atoms with Crippen LogP contribution in [0, 0.1) is 0 Å². The Morgan fingerprint density at radius 1 is 1.14 bits per heavy atom. The van der Waals surface area contributed by atoms with E-state index < -0.39 is 0 Å². The summed E-state index contributed by atoms with van der Waals surface area (Å²) in [6.45, 7) is 13.7. The van der Waals surface area contributed by atoms with Gasteiger partial charge in [-0.2, -0.15) is 0 Å². The summed E-state index contributed by atoms with van der Waals surface area (Å²) in [7, 11) is 0. The lowest BCUT2D eigenvalue weighted by Gasteiger charge is -2.21. The Kier molecular flexibility index (Phi) is 16.3. The number of carbonyl (C=O) groups is 1. The van der Waals surface area contributed by atoms with Gasteiger partial charge in [-0.1, -0.05) is 71.2 Å². The molecule has 1 aromatic carbocycles. The third-order valence-corrected chi connectivity index (χ3v) is 5.55. The van der Waals surface area contributed by atoms with E-state index >= 15 is 0 Å². The molecule has 1 saturated carbocycles. The second-order valence-electron chi connectivity index (χ2n) is 8.81. The molecule has 4 nitrogen and oxygen atoms in total. The Balaban J connectivity index is 0.000000360. The van der Waals surface area contributed by atoms with Crippen LogP contribution in [0.2, 0.25) is 0 Å². The Labute approximate surface area is 218 Å². The van der Waals surface area contributed by atoms with Gasteiger partial charge in [0, 0.05) is 30.1 Å². The maximum absolute atomic E-state index is 11.3. The number of carbonyl (C=O) groups excluding carboxylic acids is 1. The van der Waals surface area contributed by atoms with Crippen molar-refractivity contribution < 1.29 is 9.53 Å². The van der Waals surface area contributed by atoms with Crippen molar-refractivity contribution in [2.75, 3.05) is 6.61 Å². The Morgan fingerprint density at radius 3 is 2.39 bits per heavy atom. The first-order valence-corrected chi connectivity index (χ1v) is 13.2. The van der Waals surface area contributed by atoms with Crippen molar-refractivity contribution in [2.24, 2.45) is 4.99 Å². The molecule has 1 aromatic heterocycles. The first kappa shape index (κ1) is 30.8. The summed E-state index contributed by atoms with van der Waals surface area (Å²) in [5, 5.41) is 0. The first-order chi connectivity index (χ1) is 17.5. The molecule has 1 aliphatic carbocycles. The molecule has 194 valence electrons. The summed E-state index contributed by atoms with van der Waals surface area (Å²) < 4.78 is 5.47. The maximum Gasteiger partial charge on any atom is 0.169 e. The molecule has 3 rings (SSSR count). The van der Waals surface area contributed by atoms with E-state index in [0.717, 1.165) is 17.2 Å². The summed E-state index contributed by atoms with van der Waals surface area (Å²) in [4.78, 5) is 19.8. The summed E-state index contributed by atoms with van der Waals surface area (Å²) in [6.07, 6.45) is 16.4. The third-order valence-electron chi connectivity index (χ3n) is 5.55. The number of ketones is 1. The van der Waals surface area contributed by atoms with Crippen LogP contribution in [0.3, 0.4) is 0 Å². The zero-order valence-electron chi connectivity index (χ0n) is 22.9. The van der Waals surface area contributed by atoms with Gasteiger partial charge in [-0.05, 0) is 68.5 Å². The molecule has 1 fully saturated rings. The second-order valence-corrected chi connectivity index (χ2v) is 8.81. The van der Waals surface area contributed by atoms with Crippen molar-refractivity contribution in [3.05, 3.63) is 84.4 Å². The highest BCUT2D eigenvalue weighted by atomic mass is 16.5. The SMILES string of the molecule is C=C=C(N=C(C)/C=C\C)c1cccc(OCC(=O)CC)c1.CCC.c1cc(C2CCCCC2)ccn1. The minimum atomic E-state index is 0.0711. The van der Waals surface area contributed by atoms with Crippen LogP contribution in [-0.2, 0) is 4.79 Å². The topological polar surface area (TPSA) is 51.5 Å². The summed E-state index contributed by atoms with van der Waals surface area (Å²) in [6, 6.07) is 11.7. The zero-order chi connectivity index (χ0) is 26.6. The lowest BCUT2D eigenvalue weighted by atomic mass is 9.85. The number of pyridine rings is 1. The van der Waals surface area contributed by atoms with E-state index in [1.165, 1.54) is 44.1 Å². The second kappa shape index (κ2) is 19.0. The smallest absolute Gasteiger partial charge is 0.169 e. The molecule has 0 saturated heterocycles. The minimum Gasteiger partial charge on any atom is -0.486 e. The van der Waals surface area contributed by atoms with Gasteiger partial charge in [0.25, 0.3) is 0 Å². The highest BCUT2D eigenvalue weighted by Crippen LogP contribution is 2.31. The average molecular weight is 489 g/mol. The quantitative estimate of drug-likeness (QED) is 0.276. The van der Waals surface area contributed by atoms with E-state index in [2.05, 4.69) is 48.3 Å². The Hall–Kier alpha value is -3.23. The van der Waals surface area contributed by atoms with Gasteiger partial charge < -0.3 is 4.74 Å². The number of Topliss-reactive ketones (excluding diaryl/α,β-unsaturated/α-hetero) is 1. The lowest BCUT2D eigenvalue weighted by Crippen LogP contribution is -2.09. The van der Waals surface area contributed by atoms with Crippen LogP contribution < -0.4 is 4.74 Å². The van der Waals surface area contributed by atoms with Crippen LogP contribution in [0.5, 0.6) is 5.75 Å². The van der Waals surface area contributed by atoms with Gasteiger partial charge in [0.1, 0.15) is 18.1 Å². The number of ether oxygens (including phenoxy) is 1. The summed E-state index contributed by atoms with van der Waals surface area (Å²) in [5.74, 6) is 1.53. The molecule has 0 amide bonds. The standard InChI is InChI=1S/C18H21NO2.C11H15N.C3H8/c1-5-9-14(4)19-18(7-3)15-10-8-11-17(12-15)21-13-16(20)6-2;1-2-4-10(5-3-1)11-6-8-12-9-7-11;1-3-2/h5,8-12H,3,6,13H2,1-2,4H3;6-10H,1-5H2;3H2,1-2H3/b9-5-,19-14?;;. The van der Waals surface area contributed by atoms with Crippen LogP contribution in [-0.4, -0.2) is 23.1 Å².